The fourth-order valence-corrected chi connectivity index (χ4v) is 3.72. The first-order valence-corrected chi connectivity index (χ1v) is 10.8. The van der Waals surface area contributed by atoms with Gasteiger partial charge in [-0.05, 0) is 40.1 Å². The molecule has 0 unspecified atom stereocenters. The fraction of sp³-hybridized carbons (Fsp3) is 0.429. The predicted molar refractivity (Wildman–Crippen MR) is 118 cm³/mol. The number of amides is 1. The van der Waals surface area contributed by atoms with Crippen LogP contribution in [0.5, 0.6) is 0 Å². The molecule has 2 heterocycles. The molecule has 1 saturated heterocycles. The van der Waals surface area contributed by atoms with Crippen molar-refractivity contribution in [3.8, 4) is 0 Å². The molecule has 156 valence electrons. The molecule has 0 spiro atoms. The number of hydrogen-bond donors (Lipinski definition) is 3. The van der Waals surface area contributed by atoms with Gasteiger partial charge in [-0.1, -0.05) is 12.1 Å². The number of aliphatic imine (C=N–C) groups is 1. The Labute approximate surface area is 176 Å². The van der Waals surface area contributed by atoms with Gasteiger partial charge in [0, 0.05) is 51.9 Å². The maximum Gasteiger partial charge on any atom is 0.225 e. The van der Waals surface area contributed by atoms with Gasteiger partial charge >= 0.3 is 0 Å². The third-order valence-electron chi connectivity index (χ3n) is 4.69. The van der Waals surface area contributed by atoms with Crippen molar-refractivity contribution in [2.45, 2.75) is 19.5 Å². The van der Waals surface area contributed by atoms with Crippen LogP contribution in [0, 0.1) is 0 Å². The van der Waals surface area contributed by atoms with Gasteiger partial charge in [-0.15, -0.1) is 0 Å². The maximum atomic E-state index is 12.3. The second kappa shape index (κ2) is 11.5. The zero-order chi connectivity index (χ0) is 20.3. The van der Waals surface area contributed by atoms with Gasteiger partial charge in [0.15, 0.2) is 5.96 Å². The summed E-state index contributed by atoms with van der Waals surface area (Å²) in [5.74, 6) is 0.783. The smallest absolute Gasteiger partial charge is 0.225 e. The number of rotatable bonds is 8. The highest BCUT2D eigenvalue weighted by Crippen LogP contribution is 2.11. The Morgan fingerprint density at radius 1 is 1.17 bits per heavy atom. The molecule has 2 aromatic rings. The first-order valence-electron chi connectivity index (χ1n) is 9.87. The van der Waals surface area contributed by atoms with E-state index in [-0.39, 0.29) is 5.91 Å². The number of ether oxygens (including phenoxy) is 1. The van der Waals surface area contributed by atoms with Gasteiger partial charge in [0.1, 0.15) is 0 Å². The highest BCUT2D eigenvalue weighted by molar-refractivity contribution is 7.07. The van der Waals surface area contributed by atoms with Gasteiger partial charge in [-0.3, -0.25) is 14.7 Å². The van der Waals surface area contributed by atoms with Crippen LogP contribution >= 0.6 is 11.3 Å². The molecule has 1 aliphatic heterocycles. The Morgan fingerprint density at radius 2 is 1.97 bits per heavy atom. The highest BCUT2D eigenvalue weighted by Gasteiger charge is 2.12. The van der Waals surface area contributed by atoms with Crippen molar-refractivity contribution in [3.05, 3.63) is 52.2 Å². The van der Waals surface area contributed by atoms with E-state index >= 15 is 0 Å². The fourth-order valence-electron chi connectivity index (χ4n) is 3.05. The van der Waals surface area contributed by atoms with Crippen molar-refractivity contribution >= 4 is 28.9 Å². The number of hydrogen-bond acceptors (Lipinski definition) is 5. The molecule has 1 aromatic heterocycles. The molecule has 1 aliphatic rings. The number of morpholine rings is 1. The second-order valence-corrected chi connectivity index (χ2v) is 7.64. The summed E-state index contributed by atoms with van der Waals surface area (Å²) < 4.78 is 5.34. The van der Waals surface area contributed by atoms with Crippen LogP contribution < -0.4 is 16.0 Å². The molecule has 29 heavy (non-hydrogen) atoms. The lowest BCUT2D eigenvalue weighted by molar-refractivity contribution is -0.116. The molecular formula is C21H29N5O2S. The quantitative estimate of drug-likeness (QED) is 0.455. The molecule has 0 bridgehead atoms. The maximum absolute atomic E-state index is 12.3. The molecule has 3 N–H and O–H groups in total. The summed E-state index contributed by atoms with van der Waals surface area (Å²) in [4.78, 5) is 18.8. The van der Waals surface area contributed by atoms with E-state index in [0.717, 1.165) is 56.6 Å². The molecule has 0 radical (unpaired) electrons. The highest BCUT2D eigenvalue weighted by atomic mass is 32.1. The summed E-state index contributed by atoms with van der Waals surface area (Å²) in [5.41, 5.74) is 3.13. The van der Waals surface area contributed by atoms with Gasteiger partial charge in [0.25, 0.3) is 0 Å². The Kier molecular flexibility index (Phi) is 8.48. The number of guanidine groups is 1. The van der Waals surface area contributed by atoms with E-state index in [1.165, 1.54) is 5.56 Å². The molecule has 0 saturated carbocycles. The van der Waals surface area contributed by atoms with Crippen LogP contribution in [0.3, 0.4) is 0 Å². The van der Waals surface area contributed by atoms with Crippen molar-refractivity contribution < 1.29 is 9.53 Å². The van der Waals surface area contributed by atoms with Crippen LogP contribution in [0.4, 0.5) is 5.69 Å². The normalized spacial score (nSPS) is 15.1. The summed E-state index contributed by atoms with van der Waals surface area (Å²) in [6, 6.07) is 9.99. The van der Waals surface area contributed by atoms with Crippen molar-refractivity contribution in [3.63, 3.8) is 0 Å². The summed E-state index contributed by atoms with van der Waals surface area (Å²) in [7, 11) is 1.76. The van der Waals surface area contributed by atoms with Gasteiger partial charge < -0.3 is 20.7 Å². The molecule has 3 rings (SSSR count). The van der Waals surface area contributed by atoms with Crippen LogP contribution in [-0.2, 0) is 22.6 Å². The van der Waals surface area contributed by atoms with Crippen LogP contribution in [0.15, 0.2) is 46.1 Å². The Morgan fingerprint density at radius 3 is 2.69 bits per heavy atom. The first kappa shape index (κ1) is 21.3. The summed E-state index contributed by atoms with van der Waals surface area (Å²) in [6.07, 6.45) is 0.488. The van der Waals surface area contributed by atoms with Gasteiger partial charge in [0.2, 0.25) is 5.91 Å². The van der Waals surface area contributed by atoms with E-state index in [1.54, 1.807) is 18.4 Å². The first-order chi connectivity index (χ1) is 14.2. The largest absolute Gasteiger partial charge is 0.379 e. The van der Waals surface area contributed by atoms with E-state index < -0.39 is 0 Å². The molecular weight excluding hydrogens is 386 g/mol. The molecule has 7 nitrogen and oxygen atoms in total. The number of thiophene rings is 1. The van der Waals surface area contributed by atoms with Gasteiger partial charge in [-0.25, -0.2) is 0 Å². The number of nitrogens with zero attached hydrogens (tertiary/aromatic N) is 2. The van der Waals surface area contributed by atoms with Crippen molar-refractivity contribution in [1.82, 2.24) is 15.5 Å². The summed E-state index contributed by atoms with van der Waals surface area (Å²) >= 11 is 1.68. The second-order valence-electron chi connectivity index (χ2n) is 6.86. The zero-order valence-electron chi connectivity index (χ0n) is 16.8. The number of benzene rings is 1. The zero-order valence-corrected chi connectivity index (χ0v) is 17.6. The lowest BCUT2D eigenvalue weighted by Gasteiger charge is -2.26. The van der Waals surface area contributed by atoms with E-state index in [4.69, 9.17) is 4.74 Å². The van der Waals surface area contributed by atoms with E-state index in [2.05, 4.69) is 42.7 Å². The Hall–Kier alpha value is -2.42. The van der Waals surface area contributed by atoms with E-state index in [1.807, 2.05) is 24.3 Å². The predicted octanol–water partition coefficient (Wildman–Crippen LogP) is 2.27. The van der Waals surface area contributed by atoms with Crippen molar-refractivity contribution in [1.29, 1.82) is 0 Å². The number of carbonyl (C=O) groups is 1. The van der Waals surface area contributed by atoms with E-state index in [9.17, 15) is 4.79 Å². The average Bonchev–Trinajstić information content (AvgIpc) is 3.27. The molecule has 0 atom stereocenters. The van der Waals surface area contributed by atoms with Crippen LogP contribution in [0.25, 0.3) is 0 Å². The minimum Gasteiger partial charge on any atom is -0.379 e. The number of anilines is 1. The lowest BCUT2D eigenvalue weighted by atomic mass is 10.2. The Bertz CT molecular complexity index is 788. The topological polar surface area (TPSA) is 78.0 Å². The number of carbonyl (C=O) groups excluding carboxylic acids is 1. The average molecular weight is 416 g/mol. The van der Waals surface area contributed by atoms with Crippen molar-refractivity contribution in [2.24, 2.45) is 4.99 Å². The standard InChI is InChI=1S/C21H29N5O2S/c1-22-21(24-15-18-6-12-29-16-18)23-14-17-3-2-4-19(13-17)25-20(27)5-7-26-8-10-28-11-9-26/h2-4,6,12-13,16H,5,7-11,14-15H2,1H3,(H,25,27)(H2,22,23,24). The van der Waals surface area contributed by atoms with Crippen LogP contribution in [-0.4, -0.2) is 56.7 Å². The van der Waals surface area contributed by atoms with Crippen LogP contribution in [0.1, 0.15) is 17.5 Å². The van der Waals surface area contributed by atoms with Gasteiger partial charge in [-0.2, -0.15) is 11.3 Å². The minimum absolute atomic E-state index is 0.0369. The summed E-state index contributed by atoms with van der Waals surface area (Å²) in [5, 5.41) is 13.8. The number of nitrogens with one attached hydrogen (secondary N) is 3. The monoisotopic (exact) mass is 415 g/mol. The van der Waals surface area contributed by atoms with E-state index in [0.29, 0.717) is 13.0 Å². The molecule has 8 heteroatoms. The minimum atomic E-state index is 0.0369. The van der Waals surface area contributed by atoms with Gasteiger partial charge in [0.05, 0.1) is 13.2 Å². The Balaban J connectivity index is 1.42. The summed E-state index contributed by atoms with van der Waals surface area (Å²) in [6.45, 7) is 5.43. The van der Waals surface area contributed by atoms with Crippen molar-refractivity contribution in [2.75, 3.05) is 45.2 Å². The lowest BCUT2D eigenvalue weighted by Crippen LogP contribution is -2.38. The molecule has 0 aliphatic carbocycles. The van der Waals surface area contributed by atoms with Crippen LogP contribution in [0.2, 0.25) is 0 Å². The third-order valence-corrected chi connectivity index (χ3v) is 5.43. The molecule has 1 aromatic carbocycles. The molecule has 1 amide bonds. The third kappa shape index (κ3) is 7.49. The SMILES string of the molecule is CN=C(NCc1ccsc1)NCc1cccc(NC(=O)CCN2CCOCC2)c1. The molecule has 1 fully saturated rings.